The molecular weight excluding hydrogens is 260 g/mol. The maximum Gasteiger partial charge on any atom is 0.0707 e. The fourth-order valence-electron chi connectivity index (χ4n) is 5.07. The molecule has 0 aromatic carbocycles. The van der Waals surface area contributed by atoms with Crippen LogP contribution < -0.4 is 5.32 Å². The van der Waals surface area contributed by atoms with E-state index in [1.165, 1.54) is 57.9 Å². The summed E-state index contributed by atoms with van der Waals surface area (Å²) in [4.78, 5) is 2.56. The molecule has 5 atom stereocenters. The van der Waals surface area contributed by atoms with Crippen LogP contribution >= 0.6 is 0 Å². The van der Waals surface area contributed by atoms with Gasteiger partial charge in [0.25, 0.3) is 0 Å². The summed E-state index contributed by atoms with van der Waals surface area (Å²) in [5.41, 5.74) is 0. The first-order chi connectivity index (χ1) is 10.3. The van der Waals surface area contributed by atoms with Gasteiger partial charge in [-0.05, 0) is 69.7 Å². The Hall–Kier alpha value is -0.120. The van der Waals surface area contributed by atoms with E-state index in [4.69, 9.17) is 4.74 Å². The van der Waals surface area contributed by atoms with E-state index in [1.54, 1.807) is 0 Å². The van der Waals surface area contributed by atoms with Crippen LogP contribution in [0.2, 0.25) is 0 Å². The Morgan fingerprint density at radius 3 is 2.52 bits per heavy atom. The first-order valence-corrected chi connectivity index (χ1v) is 9.33. The van der Waals surface area contributed by atoms with Gasteiger partial charge in [0.2, 0.25) is 0 Å². The van der Waals surface area contributed by atoms with Crippen molar-refractivity contribution in [2.75, 3.05) is 26.7 Å². The Labute approximate surface area is 129 Å². The molecule has 1 heterocycles. The van der Waals surface area contributed by atoms with Crippen molar-refractivity contribution in [3.05, 3.63) is 0 Å². The second kappa shape index (κ2) is 6.17. The van der Waals surface area contributed by atoms with Crippen LogP contribution in [-0.2, 0) is 4.74 Å². The zero-order valence-electron chi connectivity index (χ0n) is 13.6. The SMILES string of the molecule is CN(CC1CCC(CNC2CC2)O1)CC1CC2CCC1C2. The van der Waals surface area contributed by atoms with Crippen molar-refractivity contribution < 1.29 is 4.74 Å². The number of hydrogen-bond acceptors (Lipinski definition) is 3. The molecule has 21 heavy (non-hydrogen) atoms. The van der Waals surface area contributed by atoms with Gasteiger partial charge in [0.15, 0.2) is 0 Å². The molecule has 2 bridgehead atoms. The largest absolute Gasteiger partial charge is 0.372 e. The van der Waals surface area contributed by atoms with Crippen LogP contribution in [0, 0.1) is 17.8 Å². The van der Waals surface area contributed by atoms with Crippen molar-refractivity contribution in [2.24, 2.45) is 17.8 Å². The van der Waals surface area contributed by atoms with Gasteiger partial charge in [-0.15, -0.1) is 0 Å². The van der Waals surface area contributed by atoms with E-state index in [9.17, 15) is 0 Å². The summed E-state index contributed by atoms with van der Waals surface area (Å²) < 4.78 is 6.23. The highest BCUT2D eigenvalue weighted by atomic mass is 16.5. The minimum Gasteiger partial charge on any atom is -0.372 e. The average molecular weight is 292 g/mol. The Morgan fingerprint density at radius 1 is 0.952 bits per heavy atom. The summed E-state index contributed by atoms with van der Waals surface area (Å²) in [5.74, 6) is 3.12. The first kappa shape index (κ1) is 14.5. The number of nitrogens with zero attached hydrogens (tertiary/aromatic N) is 1. The minimum atomic E-state index is 0.478. The lowest BCUT2D eigenvalue weighted by Crippen LogP contribution is -2.35. The average Bonchev–Trinajstić information content (AvgIpc) is 2.86. The molecule has 3 aliphatic carbocycles. The van der Waals surface area contributed by atoms with Gasteiger partial charge >= 0.3 is 0 Å². The molecule has 4 rings (SSSR count). The lowest BCUT2D eigenvalue weighted by molar-refractivity contribution is 0.0239. The van der Waals surface area contributed by atoms with Crippen LogP contribution in [0.1, 0.15) is 51.4 Å². The highest BCUT2D eigenvalue weighted by Gasteiger charge is 2.40. The van der Waals surface area contributed by atoms with Gasteiger partial charge in [0.05, 0.1) is 12.2 Å². The maximum absolute atomic E-state index is 6.23. The number of hydrogen-bond donors (Lipinski definition) is 1. The second-order valence-electron chi connectivity index (χ2n) is 8.30. The van der Waals surface area contributed by atoms with Crippen molar-refractivity contribution in [1.29, 1.82) is 0 Å². The molecule has 3 saturated carbocycles. The van der Waals surface area contributed by atoms with E-state index in [0.29, 0.717) is 12.2 Å². The first-order valence-electron chi connectivity index (χ1n) is 9.33. The summed E-state index contributed by atoms with van der Waals surface area (Å²) >= 11 is 0. The predicted molar refractivity (Wildman–Crippen MR) is 85.4 cm³/mol. The highest BCUT2D eigenvalue weighted by molar-refractivity contribution is 4.91. The number of fused-ring (bicyclic) bond motifs is 2. The van der Waals surface area contributed by atoms with Crippen molar-refractivity contribution >= 4 is 0 Å². The maximum atomic E-state index is 6.23. The molecule has 4 fully saturated rings. The predicted octanol–water partition coefficient (Wildman–Crippen LogP) is 2.65. The molecule has 0 aromatic heterocycles. The van der Waals surface area contributed by atoms with Crippen LogP contribution in [0.4, 0.5) is 0 Å². The van der Waals surface area contributed by atoms with Crippen LogP contribution in [-0.4, -0.2) is 49.8 Å². The Morgan fingerprint density at radius 2 is 1.81 bits per heavy atom. The smallest absolute Gasteiger partial charge is 0.0707 e. The van der Waals surface area contributed by atoms with E-state index >= 15 is 0 Å². The van der Waals surface area contributed by atoms with Crippen LogP contribution in [0.15, 0.2) is 0 Å². The molecule has 0 radical (unpaired) electrons. The molecular formula is C18H32N2O. The lowest BCUT2D eigenvalue weighted by atomic mass is 9.88. The van der Waals surface area contributed by atoms with E-state index in [-0.39, 0.29) is 0 Å². The van der Waals surface area contributed by atoms with E-state index in [1.807, 2.05) is 0 Å². The molecule has 0 aromatic rings. The van der Waals surface area contributed by atoms with Crippen LogP contribution in [0.25, 0.3) is 0 Å². The molecule has 5 unspecified atom stereocenters. The number of likely N-dealkylation sites (N-methyl/N-ethyl adjacent to an activating group) is 1. The van der Waals surface area contributed by atoms with Gasteiger partial charge in [-0.3, -0.25) is 0 Å². The molecule has 3 heteroatoms. The normalized spacial score (nSPS) is 42.3. The minimum absolute atomic E-state index is 0.478. The summed E-state index contributed by atoms with van der Waals surface area (Å²) in [5, 5.41) is 3.61. The molecule has 120 valence electrons. The van der Waals surface area contributed by atoms with Crippen LogP contribution in [0.5, 0.6) is 0 Å². The molecule has 1 N–H and O–H groups in total. The van der Waals surface area contributed by atoms with Gasteiger partial charge in [0.1, 0.15) is 0 Å². The molecule has 3 nitrogen and oxygen atoms in total. The Bertz CT molecular complexity index is 357. The Kier molecular flexibility index (Phi) is 4.25. The molecule has 1 saturated heterocycles. The third kappa shape index (κ3) is 3.62. The van der Waals surface area contributed by atoms with Crippen molar-refractivity contribution in [3.8, 4) is 0 Å². The van der Waals surface area contributed by atoms with Gasteiger partial charge in [-0.2, -0.15) is 0 Å². The summed E-state index contributed by atoms with van der Waals surface area (Å²) in [6.45, 7) is 3.54. The quantitative estimate of drug-likeness (QED) is 0.781. The fraction of sp³-hybridized carbons (Fsp3) is 1.00. The van der Waals surface area contributed by atoms with Gasteiger partial charge in [0, 0.05) is 25.7 Å². The van der Waals surface area contributed by atoms with Gasteiger partial charge < -0.3 is 15.0 Å². The summed E-state index contributed by atoms with van der Waals surface area (Å²) in [7, 11) is 2.31. The molecule has 0 spiro atoms. The summed E-state index contributed by atoms with van der Waals surface area (Å²) in [6.07, 6.45) is 12.3. The Balaban J connectivity index is 1.16. The van der Waals surface area contributed by atoms with Crippen molar-refractivity contribution in [1.82, 2.24) is 10.2 Å². The van der Waals surface area contributed by atoms with Gasteiger partial charge in [-0.1, -0.05) is 6.42 Å². The zero-order valence-corrected chi connectivity index (χ0v) is 13.6. The molecule has 4 aliphatic rings. The number of rotatable bonds is 7. The second-order valence-corrected chi connectivity index (χ2v) is 8.30. The molecule has 1 aliphatic heterocycles. The van der Waals surface area contributed by atoms with Crippen LogP contribution in [0.3, 0.4) is 0 Å². The topological polar surface area (TPSA) is 24.5 Å². The fourth-order valence-corrected chi connectivity index (χ4v) is 5.07. The van der Waals surface area contributed by atoms with E-state index < -0.39 is 0 Å². The number of nitrogens with one attached hydrogen (secondary N) is 1. The van der Waals surface area contributed by atoms with Crippen molar-refractivity contribution in [3.63, 3.8) is 0 Å². The number of ether oxygens (including phenoxy) is 1. The van der Waals surface area contributed by atoms with Gasteiger partial charge in [-0.25, -0.2) is 0 Å². The monoisotopic (exact) mass is 292 g/mol. The third-order valence-electron chi connectivity index (χ3n) is 6.35. The van der Waals surface area contributed by atoms with Crippen molar-refractivity contribution in [2.45, 2.75) is 69.6 Å². The summed E-state index contributed by atoms with van der Waals surface area (Å²) in [6, 6.07) is 0.813. The zero-order chi connectivity index (χ0) is 14.2. The molecule has 0 amide bonds. The standard InChI is InChI=1S/C18H32N2O/c1-20(11-15-9-13-2-3-14(15)8-13)12-18-7-6-17(21-18)10-19-16-4-5-16/h13-19H,2-12H2,1H3. The third-order valence-corrected chi connectivity index (χ3v) is 6.35. The lowest BCUT2D eigenvalue weighted by Gasteiger charge is -2.28. The van der Waals surface area contributed by atoms with E-state index in [2.05, 4.69) is 17.3 Å². The van der Waals surface area contributed by atoms with E-state index in [0.717, 1.165) is 36.9 Å². The highest BCUT2D eigenvalue weighted by Crippen LogP contribution is 2.48.